The fraction of sp³-hybridized carbons (Fsp3) is 0.273. The minimum atomic E-state index is -0.205. The van der Waals surface area contributed by atoms with E-state index in [1.807, 2.05) is 36.4 Å². The normalized spacial score (nSPS) is 13.8. The number of rotatable bonds is 7. The fourth-order valence-corrected chi connectivity index (χ4v) is 3.17. The number of nitrogens with one attached hydrogen (secondary N) is 1. The predicted octanol–water partition coefficient (Wildman–Crippen LogP) is 3.16. The van der Waals surface area contributed by atoms with Gasteiger partial charge in [0.05, 0.1) is 14.2 Å². The Bertz CT molecular complexity index is 875. The van der Waals surface area contributed by atoms with Crippen molar-refractivity contribution < 1.29 is 19.1 Å². The quantitative estimate of drug-likeness (QED) is 0.750. The third-order valence-electron chi connectivity index (χ3n) is 4.64. The van der Waals surface area contributed by atoms with Crippen LogP contribution in [0.3, 0.4) is 0 Å². The van der Waals surface area contributed by atoms with Crippen LogP contribution >= 0.6 is 0 Å². The number of nitrogens with zero attached hydrogens (tertiary/aromatic N) is 1. The highest BCUT2D eigenvalue weighted by Gasteiger charge is 2.21. The molecule has 0 aromatic heterocycles. The summed E-state index contributed by atoms with van der Waals surface area (Å²) in [5.74, 6) is 1.16. The molecule has 1 saturated heterocycles. The molecule has 2 aromatic carbocycles. The van der Waals surface area contributed by atoms with E-state index >= 15 is 0 Å². The molecule has 3 rings (SSSR count). The van der Waals surface area contributed by atoms with Crippen molar-refractivity contribution in [2.75, 3.05) is 25.7 Å². The van der Waals surface area contributed by atoms with Crippen LogP contribution in [0.2, 0.25) is 0 Å². The molecule has 0 atom stereocenters. The largest absolute Gasteiger partial charge is 0.493 e. The first-order valence-corrected chi connectivity index (χ1v) is 9.18. The van der Waals surface area contributed by atoms with E-state index in [-0.39, 0.29) is 11.8 Å². The van der Waals surface area contributed by atoms with Gasteiger partial charge in [0.15, 0.2) is 11.5 Å². The first kappa shape index (κ1) is 19.5. The Morgan fingerprint density at radius 1 is 1.14 bits per heavy atom. The Morgan fingerprint density at radius 3 is 2.57 bits per heavy atom. The molecular formula is C22H24N2O4. The number of carbonyl (C=O) groups excluding carboxylic acids is 2. The van der Waals surface area contributed by atoms with E-state index in [2.05, 4.69) is 5.32 Å². The summed E-state index contributed by atoms with van der Waals surface area (Å²) in [5, 5.41) is 2.85. The number of hydrogen-bond acceptors (Lipinski definition) is 4. The SMILES string of the molecule is COc1cccc(/C=C/C(=O)NCc2ccc(N3CCCC3=O)cc2)c1OC. The maximum Gasteiger partial charge on any atom is 0.244 e. The number of ether oxygens (including phenoxy) is 2. The fourth-order valence-electron chi connectivity index (χ4n) is 3.17. The van der Waals surface area contributed by atoms with Crippen molar-refractivity contribution in [2.45, 2.75) is 19.4 Å². The van der Waals surface area contributed by atoms with E-state index in [0.717, 1.165) is 29.8 Å². The summed E-state index contributed by atoms with van der Waals surface area (Å²) >= 11 is 0. The first-order valence-electron chi connectivity index (χ1n) is 9.18. The molecule has 1 fully saturated rings. The van der Waals surface area contributed by atoms with Crippen LogP contribution in [0, 0.1) is 0 Å². The molecule has 0 radical (unpaired) electrons. The van der Waals surface area contributed by atoms with Crippen molar-refractivity contribution in [2.24, 2.45) is 0 Å². The summed E-state index contributed by atoms with van der Waals surface area (Å²) in [6.45, 7) is 1.18. The zero-order valence-corrected chi connectivity index (χ0v) is 16.1. The Kier molecular flexibility index (Phi) is 6.32. The second-order valence-electron chi connectivity index (χ2n) is 6.45. The smallest absolute Gasteiger partial charge is 0.244 e. The monoisotopic (exact) mass is 380 g/mol. The van der Waals surface area contributed by atoms with E-state index in [0.29, 0.717) is 24.5 Å². The van der Waals surface area contributed by atoms with Crippen LogP contribution in [0.1, 0.15) is 24.0 Å². The van der Waals surface area contributed by atoms with Gasteiger partial charge < -0.3 is 19.7 Å². The molecule has 0 spiro atoms. The molecule has 2 aromatic rings. The van der Waals surface area contributed by atoms with Gasteiger partial charge in [-0.05, 0) is 36.3 Å². The molecule has 6 heteroatoms. The van der Waals surface area contributed by atoms with Crippen molar-refractivity contribution in [3.05, 3.63) is 59.7 Å². The summed E-state index contributed by atoms with van der Waals surface area (Å²) in [4.78, 5) is 25.7. The lowest BCUT2D eigenvalue weighted by atomic mass is 10.1. The zero-order valence-electron chi connectivity index (χ0n) is 16.1. The van der Waals surface area contributed by atoms with Crippen molar-refractivity contribution in [1.29, 1.82) is 0 Å². The number of anilines is 1. The van der Waals surface area contributed by atoms with Crippen molar-refractivity contribution in [3.63, 3.8) is 0 Å². The molecule has 1 aliphatic rings. The lowest BCUT2D eigenvalue weighted by Crippen LogP contribution is -2.23. The predicted molar refractivity (Wildman–Crippen MR) is 108 cm³/mol. The van der Waals surface area contributed by atoms with Crippen molar-refractivity contribution in [3.8, 4) is 11.5 Å². The first-order chi connectivity index (χ1) is 13.6. The summed E-state index contributed by atoms with van der Waals surface area (Å²) < 4.78 is 10.6. The van der Waals surface area contributed by atoms with Gasteiger partial charge in [-0.3, -0.25) is 9.59 Å². The van der Waals surface area contributed by atoms with Crippen LogP contribution in [0.15, 0.2) is 48.5 Å². The van der Waals surface area contributed by atoms with Crippen LogP contribution < -0.4 is 19.7 Å². The maximum absolute atomic E-state index is 12.1. The number of benzene rings is 2. The van der Waals surface area contributed by atoms with Crippen LogP contribution in [-0.4, -0.2) is 32.6 Å². The molecule has 146 valence electrons. The maximum atomic E-state index is 12.1. The lowest BCUT2D eigenvalue weighted by Gasteiger charge is -2.16. The van der Waals surface area contributed by atoms with Gasteiger partial charge in [-0.25, -0.2) is 0 Å². The van der Waals surface area contributed by atoms with Crippen LogP contribution in [0.5, 0.6) is 11.5 Å². The van der Waals surface area contributed by atoms with Gasteiger partial charge >= 0.3 is 0 Å². The highest BCUT2D eigenvalue weighted by atomic mass is 16.5. The van der Waals surface area contributed by atoms with Gasteiger partial charge in [0, 0.05) is 36.8 Å². The minimum Gasteiger partial charge on any atom is -0.493 e. The Labute approximate surface area is 164 Å². The topological polar surface area (TPSA) is 67.9 Å². The number of hydrogen-bond donors (Lipinski definition) is 1. The second-order valence-corrected chi connectivity index (χ2v) is 6.45. The standard InChI is InChI=1S/C22H24N2O4/c1-27-19-6-3-5-17(22(19)28-2)10-13-20(25)23-15-16-8-11-18(12-9-16)24-14-4-7-21(24)26/h3,5-6,8-13H,4,7,14-15H2,1-2H3,(H,23,25)/b13-10+. The van der Waals surface area contributed by atoms with Crippen LogP contribution in [0.4, 0.5) is 5.69 Å². The van der Waals surface area contributed by atoms with Gasteiger partial charge in [-0.2, -0.15) is 0 Å². The molecule has 6 nitrogen and oxygen atoms in total. The average molecular weight is 380 g/mol. The van der Waals surface area contributed by atoms with E-state index < -0.39 is 0 Å². The van der Waals surface area contributed by atoms with E-state index in [1.165, 1.54) is 6.08 Å². The van der Waals surface area contributed by atoms with Crippen LogP contribution in [-0.2, 0) is 16.1 Å². The molecule has 1 heterocycles. The van der Waals surface area contributed by atoms with Crippen LogP contribution in [0.25, 0.3) is 6.08 Å². The molecule has 1 N–H and O–H groups in total. The highest BCUT2D eigenvalue weighted by molar-refractivity contribution is 5.95. The Hall–Kier alpha value is -3.28. The molecular weight excluding hydrogens is 356 g/mol. The number of methoxy groups -OCH3 is 2. The Balaban J connectivity index is 1.57. The van der Waals surface area contributed by atoms with Crippen molar-refractivity contribution in [1.82, 2.24) is 5.32 Å². The molecule has 1 aliphatic heterocycles. The minimum absolute atomic E-state index is 0.166. The van der Waals surface area contributed by atoms with Gasteiger partial charge in [0.2, 0.25) is 11.8 Å². The third kappa shape index (κ3) is 4.52. The van der Waals surface area contributed by atoms with Gasteiger partial charge in [-0.1, -0.05) is 24.3 Å². The molecule has 0 aliphatic carbocycles. The van der Waals surface area contributed by atoms with E-state index in [1.54, 1.807) is 31.3 Å². The molecule has 0 unspecified atom stereocenters. The van der Waals surface area contributed by atoms with Gasteiger partial charge in [0.25, 0.3) is 0 Å². The van der Waals surface area contributed by atoms with E-state index in [9.17, 15) is 9.59 Å². The summed E-state index contributed by atoms with van der Waals surface area (Å²) in [6.07, 6.45) is 4.68. The van der Waals surface area contributed by atoms with Gasteiger partial charge in [0.1, 0.15) is 0 Å². The van der Waals surface area contributed by atoms with Gasteiger partial charge in [-0.15, -0.1) is 0 Å². The van der Waals surface area contributed by atoms with E-state index in [4.69, 9.17) is 9.47 Å². The molecule has 0 saturated carbocycles. The average Bonchev–Trinajstić information content (AvgIpc) is 3.16. The summed E-state index contributed by atoms with van der Waals surface area (Å²) in [7, 11) is 3.14. The summed E-state index contributed by atoms with van der Waals surface area (Å²) in [6, 6.07) is 13.2. The lowest BCUT2D eigenvalue weighted by molar-refractivity contribution is -0.117. The summed E-state index contributed by atoms with van der Waals surface area (Å²) in [5.41, 5.74) is 2.63. The second kappa shape index (κ2) is 9.08. The zero-order chi connectivity index (χ0) is 19.9. The third-order valence-corrected chi connectivity index (χ3v) is 4.64. The number of para-hydroxylation sites is 1. The van der Waals surface area contributed by atoms with Crippen molar-refractivity contribution >= 4 is 23.6 Å². The highest BCUT2D eigenvalue weighted by Crippen LogP contribution is 2.31. The Morgan fingerprint density at radius 2 is 1.93 bits per heavy atom. The number of amides is 2. The molecule has 2 amide bonds. The number of carbonyl (C=O) groups is 2. The molecule has 28 heavy (non-hydrogen) atoms. The molecule has 0 bridgehead atoms.